The van der Waals surface area contributed by atoms with Crippen LogP contribution in [0.2, 0.25) is 0 Å². The molecule has 0 bridgehead atoms. The van der Waals surface area contributed by atoms with Crippen LogP contribution >= 0.6 is 22.7 Å². The van der Waals surface area contributed by atoms with Crippen LogP contribution in [-0.4, -0.2) is 39.6 Å². The minimum Gasteiger partial charge on any atom is -0.389 e. The standard InChI is InChI=1S/C14H18N2O2S2/c1-4-16(9-14(2,3)18)13(17)10-8-20-12(15-10)11-6-5-7-19-11/h5-8,18H,4,9H2,1-3H3. The highest BCUT2D eigenvalue weighted by Gasteiger charge is 2.24. The second-order valence-corrected chi connectivity index (χ2v) is 6.95. The van der Waals surface area contributed by atoms with Crippen molar-refractivity contribution in [2.75, 3.05) is 13.1 Å². The van der Waals surface area contributed by atoms with Gasteiger partial charge >= 0.3 is 0 Å². The molecule has 0 saturated carbocycles. The number of thiophene rings is 1. The third-order valence-corrected chi connectivity index (χ3v) is 4.58. The number of aliphatic hydroxyl groups is 1. The number of nitrogens with zero attached hydrogens (tertiary/aromatic N) is 2. The van der Waals surface area contributed by atoms with E-state index in [-0.39, 0.29) is 5.91 Å². The van der Waals surface area contributed by atoms with Gasteiger partial charge in [-0.25, -0.2) is 4.98 Å². The summed E-state index contributed by atoms with van der Waals surface area (Å²) in [5.74, 6) is -0.131. The molecule has 2 rings (SSSR count). The number of aromatic nitrogens is 1. The third kappa shape index (κ3) is 3.65. The van der Waals surface area contributed by atoms with Crippen molar-refractivity contribution in [1.29, 1.82) is 0 Å². The molecule has 0 aliphatic carbocycles. The van der Waals surface area contributed by atoms with Crippen LogP contribution in [0.4, 0.5) is 0 Å². The summed E-state index contributed by atoms with van der Waals surface area (Å²) in [5, 5.41) is 14.5. The summed E-state index contributed by atoms with van der Waals surface area (Å²) in [5.41, 5.74) is -0.456. The average molecular weight is 310 g/mol. The number of carbonyl (C=O) groups excluding carboxylic acids is 1. The van der Waals surface area contributed by atoms with Gasteiger partial charge in [0.1, 0.15) is 10.7 Å². The van der Waals surface area contributed by atoms with Crippen LogP contribution in [0.25, 0.3) is 9.88 Å². The van der Waals surface area contributed by atoms with E-state index in [0.29, 0.717) is 18.8 Å². The highest BCUT2D eigenvalue weighted by Crippen LogP contribution is 2.28. The van der Waals surface area contributed by atoms with Gasteiger partial charge in [-0.2, -0.15) is 0 Å². The molecule has 0 aliphatic heterocycles. The molecule has 6 heteroatoms. The van der Waals surface area contributed by atoms with E-state index in [4.69, 9.17) is 0 Å². The lowest BCUT2D eigenvalue weighted by Crippen LogP contribution is -2.42. The molecule has 4 nitrogen and oxygen atoms in total. The van der Waals surface area contributed by atoms with Gasteiger partial charge in [0.25, 0.3) is 5.91 Å². The zero-order valence-electron chi connectivity index (χ0n) is 11.8. The van der Waals surface area contributed by atoms with E-state index in [2.05, 4.69) is 4.98 Å². The van der Waals surface area contributed by atoms with Gasteiger partial charge in [-0.1, -0.05) is 6.07 Å². The smallest absolute Gasteiger partial charge is 0.273 e. The van der Waals surface area contributed by atoms with Crippen molar-refractivity contribution in [1.82, 2.24) is 9.88 Å². The summed E-state index contributed by atoms with van der Waals surface area (Å²) in [4.78, 5) is 19.5. The van der Waals surface area contributed by atoms with E-state index in [1.165, 1.54) is 11.3 Å². The van der Waals surface area contributed by atoms with E-state index in [1.807, 2.05) is 24.4 Å². The quantitative estimate of drug-likeness (QED) is 0.923. The van der Waals surface area contributed by atoms with E-state index in [9.17, 15) is 9.90 Å². The Hall–Kier alpha value is -1.24. The van der Waals surface area contributed by atoms with Crippen molar-refractivity contribution >= 4 is 28.6 Å². The Kier molecular flexibility index (Phi) is 4.57. The molecule has 0 saturated heterocycles. The zero-order valence-corrected chi connectivity index (χ0v) is 13.4. The summed E-state index contributed by atoms with van der Waals surface area (Å²) in [6.45, 7) is 6.14. The van der Waals surface area contributed by atoms with Crippen LogP contribution in [0.15, 0.2) is 22.9 Å². The third-order valence-electron chi connectivity index (χ3n) is 2.70. The second-order valence-electron chi connectivity index (χ2n) is 5.15. The summed E-state index contributed by atoms with van der Waals surface area (Å²) >= 11 is 3.08. The number of thiazole rings is 1. The molecule has 2 heterocycles. The number of amides is 1. The molecule has 20 heavy (non-hydrogen) atoms. The summed E-state index contributed by atoms with van der Waals surface area (Å²) in [7, 11) is 0. The van der Waals surface area contributed by atoms with E-state index >= 15 is 0 Å². The van der Waals surface area contributed by atoms with Gasteiger partial charge in [0.2, 0.25) is 0 Å². The minimum atomic E-state index is -0.904. The number of hydrogen-bond donors (Lipinski definition) is 1. The van der Waals surface area contributed by atoms with Crippen molar-refractivity contribution in [3.05, 3.63) is 28.6 Å². The Bertz CT molecular complexity index is 570. The molecular weight excluding hydrogens is 292 g/mol. The predicted molar refractivity (Wildman–Crippen MR) is 83.3 cm³/mol. The van der Waals surface area contributed by atoms with Gasteiger partial charge in [-0.15, -0.1) is 22.7 Å². The van der Waals surface area contributed by atoms with Crippen molar-refractivity contribution in [3.8, 4) is 9.88 Å². The maximum Gasteiger partial charge on any atom is 0.273 e. The molecule has 0 aromatic carbocycles. The van der Waals surface area contributed by atoms with Crippen LogP contribution < -0.4 is 0 Å². The Morgan fingerprint density at radius 3 is 2.75 bits per heavy atom. The van der Waals surface area contributed by atoms with Crippen molar-refractivity contribution in [3.63, 3.8) is 0 Å². The molecular formula is C14H18N2O2S2. The molecule has 2 aromatic rings. The molecule has 108 valence electrons. The molecule has 0 aliphatic rings. The van der Waals surface area contributed by atoms with Crippen molar-refractivity contribution in [2.24, 2.45) is 0 Å². The second kappa shape index (κ2) is 6.03. The van der Waals surface area contributed by atoms with Crippen LogP contribution in [0.1, 0.15) is 31.3 Å². The highest BCUT2D eigenvalue weighted by molar-refractivity contribution is 7.20. The van der Waals surface area contributed by atoms with Gasteiger partial charge in [-0.05, 0) is 32.2 Å². The van der Waals surface area contributed by atoms with E-state index < -0.39 is 5.60 Å². The highest BCUT2D eigenvalue weighted by atomic mass is 32.1. The van der Waals surface area contributed by atoms with E-state index in [0.717, 1.165) is 9.88 Å². The first kappa shape index (κ1) is 15.2. The van der Waals surface area contributed by atoms with Crippen LogP contribution in [0.3, 0.4) is 0 Å². The lowest BCUT2D eigenvalue weighted by molar-refractivity contribution is 0.0312. The number of hydrogen-bond acceptors (Lipinski definition) is 5. The van der Waals surface area contributed by atoms with E-state index in [1.54, 1.807) is 35.5 Å². The van der Waals surface area contributed by atoms with Crippen LogP contribution in [-0.2, 0) is 0 Å². The topological polar surface area (TPSA) is 53.4 Å². The SMILES string of the molecule is CCN(CC(C)(C)O)C(=O)c1csc(-c2cccs2)n1. The van der Waals surface area contributed by atoms with Crippen molar-refractivity contribution < 1.29 is 9.90 Å². The zero-order chi connectivity index (χ0) is 14.8. The molecule has 0 fully saturated rings. The lowest BCUT2D eigenvalue weighted by Gasteiger charge is -2.27. The molecule has 2 aromatic heterocycles. The molecule has 1 amide bonds. The largest absolute Gasteiger partial charge is 0.389 e. The normalized spacial score (nSPS) is 11.6. The maximum atomic E-state index is 12.4. The average Bonchev–Trinajstić information content (AvgIpc) is 3.03. The Morgan fingerprint density at radius 1 is 1.45 bits per heavy atom. The lowest BCUT2D eigenvalue weighted by atomic mass is 10.1. The van der Waals surface area contributed by atoms with Crippen LogP contribution in [0, 0.1) is 0 Å². The number of carbonyl (C=O) groups is 1. The monoisotopic (exact) mass is 310 g/mol. The fraction of sp³-hybridized carbons (Fsp3) is 0.429. The fourth-order valence-electron chi connectivity index (χ4n) is 1.84. The minimum absolute atomic E-state index is 0.131. The number of likely N-dealkylation sites (N-methyl/N-ethyl adjacent to an activating group) is 1. The molecule has 0 spiro atoms. The number of rotatable bonds is 5. The fourth-order valence-corrected chi connectivity index (χ4v) is 3.45. The van der Waals surface area contributed by atoms with Gasteiger partial charge in [-0.3, -0.25) is 4.79 Å². The first-order valence-corrected chi connectivity index (χ1v) is 8.17. The Labute approximate surface area is 126 Å². The van der Waals surface area contributed by atoms with Gasteiger partial charge in [0.05, 0.1) is 10.5 Å². The molecule has 0 unspecified atom stereocenters. The van der Waals surface area contributed by atoms with Gasteiger partial charge in [0, 0.05) is 18.5 Å². The predicted octanol–water partition coefficient (Wildman–Crippen LogP) is 3.10. The molecule has 0 atom stereocenters. The van der Waals surface area contributed by atoms with Gasteiger partial charge < -0.3 is 10.0 Å². The summed E-state index contributed by atoms with van der Waals surface area (Å²) in [6, 6.07) is 3.96. The maximum absolute atomic E-state index is 12.4. The summed E-state index contributed by atoms with van der Waals surface area (Å²) in [6.07, 6.45) is 0. The molecule has 0 radical (unpaired) electrons. The first-order chi connectivity index (χ1) is 9.40. The molecule has 1 N–H and O–H groups in total. The Balaban J connectivity index is 2.16. The summed E-state index contributed by atoms with van der Waals surface area (Å²) < 4.78 is 0. The Morgan fingerprint density at radius 2 is 2.20 bits per heavy atom. The van der Waals surface area contributed by atoms with Gasteiger partial charge in [0.15, 0.2) is 0 Å². The first-order valence-electron chi connectivity index (χ1n) is 6.42. The van der Waals surface area contributed by atoms with Crippen LogP contribution in [0.5, 0.6) is 0 Å². The van der Waals surface area contributed by atoms with Crippen molar-refractivity contribution in [2.45, 2.75) is 26.4 Å².